The topological polar surface area (TPSA) is 78.4 Å². The van der Waals surface area contributed by atoms with Crippen LogP contribution in [0.4, 0.5) is 4.79 Å². The lowest BCUT2D eigenvalue weighted by Gasteiger charge is -2.27. The molecule has 2 heterocycles. The van der Waals surface area contributed by atoms with Crippen molar-refractivity contribution in [3.05, 3.63) is 0 Å². The van der Waals surface area contributed by atoms with Crippen molar-refractivity contribution in [2.75, 3.05) is 5.75 Å². The van der Waals surface area contributed by atoms with Crippen molar-refractivity contribution >= 4 is 23.6 Å². The molecule has 5 nitrogen and oxygen atoms in total. The van der Waals surface area contributed by atoms with Crippen LogP contribution in [-0.4, -0.2) is 39.7 Å². The number of Topliss-reactive ketones (excluding diaryl/α,β-unsaturated/α-hetero) is 1. The minimum Gasteiger partial charge on any atom is -0.368 e. The molecule has 0 unspecified atom stereocenters. The molecule has 96 valence electrons. The minimum absolute atomic E-state index is 0.0263. The molecule has 2 aliphatic heterocycles. The lowest BCUT2D eigenvalue weighted by molar-refractivity contribution is -0.117. The molecule has 0 aromatic heterocycles. The van der Waals surface area contributed by atoms with E-state index in [-0.39, 0.29) is 23.1 Å². The van der Waals surface area contributed by atoms with Gasteiger partial charge in [0.1, 0.15) is 5.78 Å². The van der Waals surface area contributed by atoms with E-state index in [0.29, 0.717) is 6.42 Å². The predicted molar refractivity (Wildman–Crippen MR) is 65.8 cm³/mol. The van der Waals surface area contributed by atoms with E-state index in [4.69, 9.17) is 0 Å². The summed E-state index contributed by atoms with van der Waals surface area (Å²) < 4.78 is 0. The van der Waals surface area contributed by atoms with E-state index in [0.717, 1.165) is 25.0 Å². The lowest BCUT2D eigenvalue weighted by Crippen LogP contribution is -2.53. The molecule has 0 saturated carbocycles. The molecule has 2 rings (SSSR count). The zero-order valence-electron chi connectivity index (χ0n) is 9.86. The van der Waals surface area contributed by atoms with Gasteiger partial charge in [0.05, 0.1) is 11.3 Å². The summed E-state index contributed by atoms with van der Waals surface area (Å²) in [7, 11) is 0. The second-order valence-corrected chi connectivity index (χ2v) is 5.98. The number of amides is 2. The third kappa shape index (κ3) is 2.57. The van der Waals surface area contributed by atoms with Crippen LogP contribution < -0.4 is 10.6 Å². The number of fused-ring (bicyclic) bond motifs is 1. The van der Waals surface area contributed by atoms with Crippen molar-refractivity contribution in [1.82, 2.24) is 10.6 Å². The van der Waals surface area contributed by atoms with Crippen molar-refractivity contribution in [3.63, 3.8) is 0 Å². The molecule has 2 saturated heterocycles. The second-order valence-electron chi connectivity index (χ2n) is 4.75. The van der Waals surface area contributed by atoms with Crippen LogP contribution in [0.1, 0.15) is 32.6 Å². The molecule has 0 aliphatic carbocycles. The molecule has 17 heavy (non-hydrogen) atoms. The molecular formula is C11H18N2O3S. The number of hydrogen-bond acceptors (Lipinski definition) is 4. The summed E-state index contributed by atoms with van der Waals surface area (Å²) in [6, 6.07) is -0.468. The minimum atomic E-state index is -1.10. The predicted octanol–water partition coefficient (Wildman–Crippen LogP) is 0.621. The molecule has 0 radical (unpaired) electrons. The zero-order valence-corrected chi connectivity index (χ0v) is 10.7. The summed E-state index contributed by atoms with van der Waals surface area (Å²) in [5, 5.41) is 15.7. The number of urea groups is 1. The first-order valence-electron chi connectivity index (χ1n) is 5.94. The van der Waals surface area contributed by atoms with Crippen LogP contribution in [0.5, 0.6) is 0 Å². The molecule has 2 fully saturated rings. The van der Waals surface area contributed by atoms with E-state index >= 15 is 0 Å². The van der Waals surface area contributed by atoms with Crippen LogP contribution in [0.2, 0.25) is 0 Å². The first-order valence-corrected chi connectivity index (χ1v) is 6.99. The average Bonchev–Trinajstić information content (AvgIpc) is 2.66. The highest BCUT2D eigenvalue weighted by Crippen LogP contribution is 2.39. The number of nitrogens with one attached hydrogen (secondary N) is 2. The summed E-state index contributed by atoms with van der Waals surface area (Å²) in [4.78, 5) is 22.0. The summed E-state index contributed by atoms with van der Waals surface area (Å²) >= 11 is 1.68. The highest BCUT2D eigenvalue weighted by Gasteiger charge is 2.55. The van der Waals surface area contributed by atoms with Gasteiger partial charge in [0.25, 0.3) is 0 Å². The third-order valence-corrected chi connectivity index (χ3v) is 4.87. The van der Waals surface area contributed by atoms with Crippen LogP contribution in [0, 0.1) is 0 Å². The van der Waals surface area contributed by atoms with E-state index in [2.05, 4.69) is 10.6 Å². The maximum absolute atomic E-state index is 11.2. The summed E-state index contributed by atoms with van der Waals surface area (Å²) in [6.45, 7) is 1.59. The van der Waals surface area contributed by atoms with E-state index in [1.807, 2.05) is 0 Å². The molecule has 2 aliphatic rings. The fourth-order valence-corrected chi connectivity index (χ4v) is 3.97. The van der Waals surface area contributed by atoms with Crippen molar-refractivity contribution in [2.24, 2.45) is 0 Å². The van der Waals surface area contributed by atoms with E-state index in [1.165, 1.54) is 0 Å². The molecular weight excluding hydrogens is 240 g/mol. The van der Waals surface area contributed by atoms with Gasteiger partial charge in [0.15, 0.2) is 5.72 Å². The van der Waals surface area contributed by atoms with Gasteiger partial charge in [0, 0.05) is 12.2 Å². The maximum atomic E-state index is 11.2. The normalized spacial score (nSPS) is 35.3. The SMILES string of the molecule is CC(=O)CCCC[C@H]1SC[C@H]2NC(=O)N[C@]21O. The van der Waals surface area contributed by atoms with E-state index < -0.39 is 5.72 Å². The standard InChI is InChI=1S/C11H18N2O3S/c1-7(14)4-2-3-5-9-11(16)8(6-17-9)12-10(15)13-11/h8-9,16H,2-6H2,1H3,(H2,12,13,15)/t8-,9-,11+/m1/s1. The molecule has 2 amide bonds. The Morgan fingerprint density at radius 3 is 3.06 bits per heavy atom. The van der Waals surface area contributed by atoms with E-state index in [9.17, 15) is 14.7 Å². The van der Waals surface area contributed by atoms with Crippen molar-refractivity contribution < 1.29 is 14.7 Å². The maximum Gasteiger partial charge on any atom is 0.317 e. The number of carbonyl (C=O) groups excluding carboxylic acids is 2. The van der Waals surface area contributed by atoms with Crippen LogP contribution in [-0.2, 0) is 4.79 Å². The first-order chi connectivity index (χ1) is 8.02. The monoisotopic (exact) mass is 258 g/mol. The Balaban J connectivity index is 1.82. The average molecular weight is 258 g/mol. The quantitative estimate of drug-likeness (QED) is 0.499. The van der Waals surface area contributed by atoms with Gasteiger partial charge < -0.3 is 20.5 Å². The Morgan fingerprint density at radius 1 is 1.59 bits per heavy atom. The number of unbranched alkanes of at least 4 members (excludes halogenated alkanes) is 1. The van der Waals surface area contributed by atoms with Gasteiger partial charge in [-0.1, -0.05) is 6.42 Å². The fourth-order valence-electron chi connectivity index (χ4n) is 2.39. The molecule has 0 aromatic rings. The van der Waals surface area contributed by atoms with Crippen LogP contribution >= 0.6 is 11.8 Å². The van der Waals surface area contributed by atoms with Gasteiger partial charge in [-0.2, -0.15) is 11.8 Å². The Morgan fingerprint density at radius 2 is 2.35 bits per heavy atom. The summed E-state index contributed by atoms with van der Waals surface area (Å²) in [5.74, 6) is 0.948. The summed E-state index contributed by atoms with van der Waals surface area (Å²) in [6.07, 6.45) is 3.19. The molecule has 3 atom stereocenters. The lowest BCUT2D eigenvalue weighted by atomic mass is 9.98. The van der Waals surface area contributed by atoms with E-state index in [1.54, 1.807) is 18.7 Å². The van der Waals surface area contributed by atoms with Crippen LogP contribution in [0.3, 0.4) is 0 Å². The number of rotatable bonds is 5. The number of thioether (sulfide) groups is 1. The number of aliphatic hydroxyl groups is 1. The Hall–Kier alpha value is -0.750. The van der Waals surface area contributed by atoms with Gasteiger partial charge in [-0.05, 0) is 19.8 Å². The third-order valence-electron chi connectivity index (χ3n) is 3.35. The van der Waals surface area contributed by atoms with Crippen molar-refractivity contribution in [2.45, 2.75) is 49.6 Å². The summed E-state index contributed by atoms with van der Waals surface area (Å²) in [5.41, 5.74) is -1.10. The van der Waals surface area contributed by atoms with Crippen molar-refractivity contribution in [1.29, 1.82) is 0 Å². The largest absolute Gasteiger partial charge is 0.368 e. The van der Waals surface area contributed by atoms with Gasteiger partial charge in [-0.3, -0.25) is 0 Å². The second kappa shape index (κ2) is 4.86. The van der Waals surface area contributed by atoms with Gasteiger partial charge in [0.2, 0.25) is 0 Å². The Labute approximate surface area is 105 Å². The molecule has 0 bridgehead atoms. The zero-order chi connectivity index (χ0) is 12.5. The molecule has 6 heteroatoms. The Kier molecular flexibility index (Phi) is 3.63. The van der Waals surface area contributed by atoms with Crippen LogP contribution in [0.25, 0.3) is 0 Å². The molecule has 0 spiro atoms. The molecule has 0 aromatic carbocycles. The van der Waals surface area contributed by atoms with Gasteiger partial charge >= 0.3 is 6.03 Å². The number of ketones is 1. The van der Waals surface area contributed by atoms with Crippen LogP contribution in [0.15, 0.2) is 0 Å². The number of hydrogen-bond donors (Lipinski definition) is 3. The highest BCUT2D eigenvalue weighted by molar-refractivity contribution is 8.00. The van der Waals surface area contributed by atoms with Gasteiger partial charge in [-0.15, -0.1) is 0 Å². The highest BCUT2D eigenvalue weighted by atomic mass is 32.2. The smallest absolute Gasteiger partial charge is 0.317 e. The van der Waals surface area contributed by atoms with Crippen molar-refractivity contribution in [3.8, 4) is 0 Å². The molecule has 3 N–H and O–H groups in total. The Bertz CT molecular complexity index is 337. The van der Waals surface area contributed by atoms with Gasteiger partial charge in [-0.25, -0.2) is 4.79 Å². The first kappa shape index (κ1) is 12.7. The number of carbonyl (C=O) groups is 2. The fraction of sp³-hybridized carbons (Fsp3) is 0.818.